The van der Waals surface area contributed by atoms with Crippen LogP contribution in [0.5, 0.6) is 0 Å². The highest BCUT2D eigenvalue weighted by molar-refractivity contribution is 7.90. The summed E-state index contributed by atoms with van der Waals surface area (Å²) in [4.78, 5) is 18.5. The zero-order valence-electron chi connectivity index (χ0n) is 15.8. The monoisotopic (exact) mass is 391 g/mol. The van der Waals surface area contributed by atoms with Gasteiger partial charge in [0.15, 0.2) is 0 Å². The topological polar surface area (TPSA) is 79.4 Å². The van der Waals surface area contributed by atoms with E-state index >= 15 is 0 Å². The summed E-state index contributed by atoms with van der Waals surface area (Å²) >= 11 is 0. The lowest BCUT2D eigenvalue weighted by Gasteiger charge is -2.34. The van der Waals surface area contributed by atoms with E-state index in [1.165, 1.54) is 0 Å². The van der Waals surface area contributed by atoms with Gasteiger partial charge in [-0.15, -0.1) is 0 Å². The summed E-state index contributed by atoms with van der Waals surface area (Å²) in [5.74, 6) is 0.281. The first kappa shape index (κ1) is 18.9. The van der Waals surface area contributed by atoms with Crippen molar-refractivity contribution in [2.45, 2.75) is 62.0 Å². The van der Waals surface area contributed by atoms with Crippen LogP contribution in [-0.2, 0) is 20.2 Å². The number of piperidine rings is 1. The van der Waals surface area contributed by atoms with Crippen molar-refractivity contribution in [2.24, 2.45) is 5.92 Å². The van der Waals surface area contributed by atoms with E-state index in [9.17, 15) is 13.2 Å². The molecule has 0 aromatic carbocycles. The molecule has 3 aliphatic rings. The lowest BCUT2D eigenvalue weighted by molar-refractivity contribution is -0.136. The fraction of sp³-hybridized carbons (Fsp3) is 0.700. The van der Waals surface area contributed by atoms with Gasteiger partial charge in [-0.25, -0.2) is 13.1 Å². The first-order valence-electron chi connectivity index (χ1n) is 10.2. The van der Waals surface area contributed by atoms with Crippen molar-refractivity contribution in [1.82, 2.24) is 14.6 Å². The van der Waals surface area contributed by atoms with Gasteiger partial charge in [-0.1, -0.05) is 12.8 Å². The number of amides is 1. The molecular weight excluding hydrogens is 362 g/mol. The second kappa shape index (κ2) is 7.51. The summed E-state index contributed by atoms with van der Waals surface area (Å²) in [7, 11) is -3.43. The Labute approximate surface area is 161 Å². The molecule has 1 N–H and O–H groups in total. The molecule has 0 radical (unpaired) electrons. The number of nitrogens with zero attached hydrogens (tertiary/aromatic N) is 2. The molecular formula is C20H29N3O3S. The molecule has 27 heavy (non-hydrogen) atoms. The third kappa shape index (κ3) is 4.04. The van der Waals surface area contributed by atoms with Crippen LogP contribution in [0.4, 0.5) is 0 Å². The normalized spacial score (nSPS) is 25.5. The van der Waals surface area contributed by atoms with Crippen LogP contribution in [0, 0.1) is 5.92 Å². The average molecular weight is 392 g/mol. The van der Waals surface area contributed by atoms with E-state index < -0.39 is 15.3 Å². The maximum atomic E-state index is 12.9. The van der Waals surface area contributed by atoms with Crippen LogP contribution in [0.3, 0.4) is 0 Å². The number of rotatable bonds is 6. The van der Waals surface area contributed by atoms with Crippen molar-refractivity contribution in [3.8, 4) is 0 Å². The molecule has 1 aliphatic heterocycles. The zero-order valence-corrected chi connectivity index (χ0v) is 16.6. The number of aromatic nitrogens is 1. The summed E-state index contributed by atoms with van der Waals surface area (Å²) in [5.41, 5.74) is 1.08. The molecule has 0 spiro atoms. The predicted octanol–water partition coefficient (Wildman–Crippen LogP) is 2.21. The summed E-state index contributed by atoms with van der Waals surface area (Å²) in [5, 5.41) is -0.496. The smallest absolute Gasteiger partial charge is 0.225 e. The van der Waals surface area contributed by atoms with Gasteiger partial charge in [-0.3, -0.25) is 9.78 Å². The molecule has 1 aromatic rings. The number of likely N-dealkylation sites (tertiary alicyclic amines) is 1. The lowest BCUT2D eigenvalue weighted by Crippen LogP contribution is -2.50. The molecule has 1 atom stereocenters. The molecule has 2 heterocycles. The van der Waals surface area contributed by atoms with Gasteiger partial charge in [-0.05, 0) is 56.2 Å². The highest BCUT2D eigenvalue weighted by Gasteiger charge is 2.45. The van der Waals surface area contributed by atoms with Crippen molar-refractivity contribution in [3.63, 3.8) is 0 Å². The van der Waals surface area contributed by atoms with E-state index in [1.54, 1.807) is 17.3 Å². The number of hydrogen-bond donors (Lipinski definition) is 1. The Morgan fingerprint density at radius 3 is 2.52 bits per heavy atom. The maximum absolute atomic E-state index is 12.9. The van der Waals surface area contributed by atoms with E-state index in [-0.39, 0.29) is 17.2 Å². The SMILES string of the molecule is O=C(C1CCCC1)N1CCC[C@@H](S(=O)(=O)NCC2(c3ccncc3)CC2)C1. The second-order valence-electron chi connectivity index (χ2n) is 8.41. The van der Waals surface area contributed by atoms with Gasteiger partial charge >= 0.3 is 0 Å². The molecule has 2 aliphatic carbocycles. The largest absolute Gasteiger partial charge is 0.341 e. The summed E-state index contributed by atoms with van der Waals surface area (Å²) in [6.07, 6.45) is 11.1. The minimum Gasteiger partial charge on any atom is -0.341 e. The van der Waals surface area contributed by atoms with Gasteiger partial charge in [-0.2, -0.15) is 0 Å². The number of hydrogen-bond acceptors (Lipinski definition) is 4. The molecule has 0 unspecified atom stereocenters. The molecule has 0 bridgehead atoms. The minimum absolute atomic E-state index is 0.0793. The van der Waals surface area contributed by atoms with Crippen molar-refractivity contribution < 1.29 is 13.2 Å². The number of carbonyl (C=O) groups excluding carboxylic acids is 1. The van der Waals surface area contributed by atoms with Crippen LogP contribution in [0.1, 0.15) is 56.9 Å². The summed E-state index contributed by atoms with van der Waals surface area (Å²) < 4.78 is 28.7. The molecule has 3 fully saturated rings. The first-order chi connectivity index (χ1) is 13.0. The average Bonchev–Trinajstić information content (AvgIpc) is 3.30. The Balaban J connectivity index is 1.37. The number of nitrogens with one attached hydrogen (secondary N) is 1. The van der Waals surface area contributed by atoms with Gasteiger partial charge in [0.2, 0.25) is 15.9 Å². The van der Waals surface area contributed by atoms with E-state index in [1.807, 2.05) is 12.1 Å². The van der Waals surface area contributed by atoms with E-state index in [2.05, 4.69) is 9.71 Å². The maximum Gasteiger partial charge on any atom is 0.225 e. The third-order valence-corrected chi connectivity index (χ3v) is 8.40. The Morgan fingerprint density at radius 2 is 1.85 bits per heavy atom. The molecule has 7 heteroatoms. The molecule has 1 amide bonds. The number of pyridine rings is 1. The van der Waals surface area contributed by atoms with Crippen LogP contribution < -0.4 is 4.72 Å². The van der Waals surface area contributed by atoms with Crippen LogP contribution in [0.25, 0.3) is 0 Å². The Hall–Kier alpha value is -1.47. The first-order valence-corrected chi connectivity index (χ1v) is 11.7. The van der Waals surface area contributed by atoms with Gasteiger partial charge in [0.25, 0.3) is 0 Å². The Morgan fingerprint density at radius 1 is 1.15 bits per heavy atom. The molecule has 4 rings (SSSR count). The van der Waals surface area contributed by atoms with E-state index in [0.717, 1.165) is 50.5 Å². The molecule has 148 valence electrons. The van der Waals surface area contributed by atoms with Crippen molar-refractivity contribution >= 4 is 15.9 Å². The van der Waals surface area contributed by atoms with Crippen molar-refractivity contribution in [2.75, 3.05) is 19.6 Å². The highest BCUT2D eigenvalue weighted by Crippen LogP contribution is 2.47. The quantitative estimate of drug-likeness (QED) is 0.806. The Bertz CT molecular complexity index is 771. The van der Waals surface area contributed by atoms with Gasteiger partial charge in [0.1, 0.15) is 0 Å². The van der Waals surface area contributed by atoms with E-state index in [4.69, 9.17) is 0 Å². The third-order valence-electron chi connectivity index (χ3n) is 6.59. The molecule has 1 aromatic heterocycles. The van der Waals surface area contributed by atoms with Crippen LogP contribution in [-0.4, -0.2) is 49.1 Å². The van der Waals surface area contributed by atoms with Crippen molar-refractivity contribution in [1.29, 1.82) is 0 Å². The van der Waals surface area contributed by atoms with Crippen LogP contribution in [0.2, 0.25) is 0 Å². The lowest BCUT2D eigenvalue weighted by atomic mass is 9.98. The standard InChI is InChI=1S/C20H29N3O3S/c24-19(16-4-1-2-5-16)23-13-3-6-18(14-23)27(25,26)22-15-20(9-10-20)17-7-11-21-12-8-17/h7-8,11-12,16,18,22H,1-6,9-10,13-15H2/t18-/m1/s1. The Kier molecular flexibility index (Phi) is 5.25. The zero-order chi connectivity index (χ0) is 18.9. The fourth-order valence-electron chi connectivity index (χ4n) is 4.60. The van der Waals surface area contributed by atoms with Crippen LogP contribution >= 0.6 is 0 Å². The number of sulfonamides is 1. The van der Waals surface area contributed by atoms with Gasteiger partial charge < -0.3 is 4.90 Å². The molecule has 2 saturated carbocycles. The second-order valence-corrected chi connectivity index (χ2v) is 10.5. The minimum atomic E-state index is -3.43. The predicted molar refractivity (Wildman–Crippen MR) is 104 cm³/mol. The molecule has 1 saturated heterocycles. The summed E-state index contributed by atoms with van der Waals surface area (Å²) in [6, 6.07) is 3.95. The van der Waals surface area contributed by atoms with Gasteiger partial charge in [0, 0.05) is 43.4 Å². The highest BCUT2D eigenvalue weighted by atomic mass is 32.2. The fourth-order valence-corrected chi connectivity index (χ4v) is 6.17. The molecule has 6 nitrogen and oxygen atoms in total. The summed E-state index contributed by atoms with van der Waals surface area (Å²) in [6.45, 7) is 1.47. The van der Waals surface area contributed by atoms with E-state index in [0.29, 0.717) is 26.1 Å². The van der Waals surface area contributed by atoms with Crippen molar-refractivity contribution in [3.05, 3.63) is 30.1 Å². The van der Waals surface area contributed by atoms with Gasteiger partial charge in [0.05, 0.1) is 5.25 Å². The number of carbonyl (C=O) groups is 1. The van der Waals surface area contributed by atoms with Crippen LogP contribution in [0.15, 0.2) is 24.5 Å².